The molecule has 0 unspecified atom stereocenters. The van der Waals surface area contributed by atoms with E-state index < -0.39 is 0 Å². The summed E-state index contributed by atoms with van der Waals surface area (Å²) in [6.07, 6.45) is 8.60. The molecular weight excluding hydrogens is 276 g/mol. The lowest BCUT2D eigenvalue weighted by Gasteiger charge is -2.26. The second-order valence-electron chi connectivity index (χ2n) is 6.59. The third kappa shape index (κ3) is 6.13. The number of guanidine groups is 1. The van der Waals surface area contributed by atoms with E-state index in [2.05, 4.69) is 22.0 Å². The average molecular weight is 310 g/mol. The quantitative estimate of drug-likeness (QED) is 0.427. The molecule has 22 heavy (non-hydrogen) atoms. The van der Waals surface area contributed by atoms with Crippen molar-refractivity contribution in [2.24, 2.45) is 4.99 Å². The van der Waals surface area contributed by atoms with Gasteiger partial charge in [-0.3, -0.25) is 4.99 Å². The van der Waals surface area contributed by atoms with Crippen molar-refractivity contribution in [1.82, 2.24) is 15.1 Å². The lowest BCUT2D eigenvalue weighted by Crippen LogP contribution is -2.40. The van der Waals surface area contributed by atoms with Crippen LogP contribution in [0.5, 0.6) is 0 Å². The zero-order valence-corrected chi connectivity index (χ0v) is 14.3. The second kappa shape index (κ2) is 10.1. The Morgan fingerprint density at radius 3 is 2.64 bits per heavy atom. The van der Waals surface area contributed by atoms with Crippen LogP contribution >= 0.6 is 0 Å². The van der Waals surface area contributed by atoms with E-state index in [1.165, 1.54) is 58.2 Å². The molecule has 2 aliphatic rings. The minimum Gasteiger partial charge on any atom is -0.391 e. The highest BCUT2D eigenvalue weighted by Crippen LogP contribution is 2.11. The molecule has 0 aromatic carbocycles. The zero-order valence-electron chi connectivity index (χ0n) is 14.3. The van der Waals surface area contributed by atoms with Crippen molar-refractivity contribution in [2.75, 3.05) is 45.8 Å². The van der Waals surface area contributed by atoms with Crippen molar-refractivity contribution in [3.8, 4) is 0 Å². The predicted octanol–water partition coefficient (Wildman–Crippen LogP) is 1.67. The van der Waals surface area contributed by atoms with Gasteiger partial charge in [0.15, 0.2) is 5.96 Å². The number of rotatable bonds is 7. The first-order chi connectivity index (χ1) is 10.8. The minimum atomic E-state index is -0.187. The van der Waals surface area contributed by atoms with Gasteiger partial charge in [-0.05, 0) is 58.7 Å². The number of β-amino-alcohol motifs (C(OH)–C–C–N with tert-alkyl or cyclic N) is 1. The molecule has 0 aromatic rings. The first-order valence-electron chi connectivity index (χ1n) is 9.23. The van der Waals surface area contributed by atoms with Gasteiger partial charge in [0.2, 0.25) is 0 Å². The Balaban J connectivity index is 1.59. The van der Waals surface area contributed by atoms with Crippen molar-refractivity contribution in [1.29, 1.82) is 0 Å². The molecule has 2 rings (SSSR count). The van der Waals surface area contributed by atoms with Crippen LogP contribution in [0, 0.1) is 0 Å². The maximum absolute atomic E-state index is 9.65. The van der Waals surface area contributed by atoms with Crippen LogP contribution in [0.15, 0.2) is 4.99 Å². The highest BCUT2D eigenvalue weighted by molar-refractivity contribution is 5.80. The molecule has 5 heteroatoms. The number of aliphatic hydroxyl groups is 1. The van der Waals surface area contributed by atoms with Crippen LogP contribution in [0.3, 0.4) is 0 Å². The van der Waals surface area contributed by atoms with E-state index in [0.29, 0.717) is 0 Å². The van der Waals surface area contributed by atoms with Crippen LogP contribution in [0.2, 0.25) is 0 Å². The number of nitrogens with one attached hydrogen (secondary N) is 1. The van der Waals surface area contributed by atoms with Crippen LogP contribution in [-0.4, -0.2) is 72.8 Å². The molecule has 128 valence electrons. The first-order valence-corrected chi connectivity index (χ1v) is 9.23. The Morgan fingerprint density at radius 1 is 1.14 bits per heavy atom. The molecule has 2 fully saturated rings. The molecule has 0 aromatic heterocycles. The third-order valence-corrected chi connectivity index (χ3v) is 4.64. The smallest absolute Gasteiger partial charge is 0.194 e. The summed E-state index contributed by atoms with van der Waals surface area (Å²) < 4.78 is 0. The highest BCUT2D eigenvalue weighted by Gasteiger charge is 2.22. The lowest BCUT2D eigenvalue weighted by atomic mass is 10.1. The molecule has 2 aliphatic heterocycles. The predicted molar refractivity (Wildman–Crippen MR) is 92.3 cm³/mol. The topological polar surface area (TPSA) is 51.1 Å². The number of likely N-dealkylation sites (tertiary alicyclic amines) is 2. The fourth-order valence-electron chi connectivity index (χ4n) is 3.35. The van der Waals surface area contributed by atoms with Crippen molar-refractivity contribution < 1.29 is 5.11 Å². The van der Waals surface area contributed by atoms with E-state index in [4.69, 9.17) is 4.99 Å². The summed E-state index contributed by atoms with van der Waals surface area (Å²) in [7, 11) is 0. The number of aliphatic hydroxyl groups excluding tert-OH is 1. The summed E-state index contributed by atoms with van der Waals surface area (Å²) in [4.78, 5) is 9.52. The molecule has 0 bridgehead atoms. The van der Waals surface area contributed by atoms with Crippen LogP contribution in [0.1, 0.15) is 51.9 Å². The molecule has 2 saturated heterocycles. The van der Waals surface area contributed by atoms with Gasteiger partial charge in [-0.25, -0.2) is 0 Å². The molecular formula is C17H34N4O. The molecule has 5 nitrogen and oxygen atoms in total. The van der Waals surface area contributed by atoms with Gasteiger partial charge < -0.3 is 20.2 Å². The van der Waals surface area contributed by atoms with Gasteiger partial charge >= 0.3 is 0 Å². The Morgan fingerprint density at radius 2 is 1.95 bits per heavy atom. The van der Waals surface area contributed by atoms with E-state index in [1.54, 1.807) is 0 Å². The maximum Gasteiger partial charge on any atom is 0.194 e. The van der Waals surface area contributed by atoms with E-state index in [0.717, 1.165) is 38.6 Å². The van der Waals surface area contributed by atoms with Crippen LogP contribution in [0.25, 0.3) is 0 Å². The third-order valence-electron chi connectivity index (χ3n) is 4.64. The fraction of sp³-hybridized carbons (Fsp3) is 0.941. The van der Waals surface area contributed by atoms with Gasteiger partial charge in [-0.15, -0.1) is 0 Å². The Kier molecular flexibility index (Phi) is 8.02. The summed E-state index contributed by atoms with van der Waals surface area (Å²) in [5.41, 5.74) is 0. The van der Waals surface area contributed by atoms with E-state index >= 15 is 0 Å². The normalized spacial score (nSPS) is 24.0. The van der Waals surface area contributed by atoms with Gasteiger partial charge in [0.1, 0.15) is 0 Å². The average Bonchev–Trinajstić information content (AvgIpc) is 2.97. The molecule has 2 heterocycles. The summed E-state index contributed by atoms with van der Waals surface area (Å²) in [6.45, 7) is 9.40. The summed E-state index contributed by atoms with van der Waals surface area (Å²) in [5.74, 6) is 0.982. The Labute approximate surface area is 135 Å². The van der Waals surface area contributed by atoms with Gasteiger partial charge in [-0.1, -0.05) is 12.8 Å². The zero-order chi connectivity index (χ0) is 15.6. The summed E-state index contributed by atoms with van der Waals surface area (Å²) in [5, 5.41) is 13.0. The van der Waals surface area contributed by atoms with Gasteiger partial charge in [0.25, 0.3) is 0 Å². The van der Waals surface area contributed by atoms with Gasteiger partial charge in [-0.2, -0.15) is 0 Å². The molecule has 0 amide bonds. The molecule has 0 radical (unpaired) electrons. The molecule has 0 spiro atoms. The van der Waals surface area contributed by atoms with Crippen molar-refractivity contribution >= 4 is 5.96 Å². The largest absolute Gasteiger partial charge is 0.391 e. The van der Waals surface area contributed by atoms with Crippen molar-refractivity contribution in [2.45, 2.75) is 58.0 Å². The Bertz CT molecular complexity index is 329. The molecule has 0 aliphatic carbocycles. The maximum atomic E-state index is 9.65. The fourth-order valence-corrected chi connectivity index (χ4v) is 3.35. The van der Waals surface area contributed by atoms with E-state index in [9.17, 15) is 5.11 Å². The molecule has 2 N–H and O–H groups in total. The van der Waals surface area contributed by atoms with Crippen molar-refractivity contribution in [3.05, 3.63) is 0 Å². The number of piperidine rings is 1. The number of aliphatic imine (C=N–C) groups is 1. The summed E-state index contributed by atoms with van der Waals surface area (Å²) >= 11 is 0. The number of hydrogen-bond acceptors (Lipinski definition) is 3. The van der Waals surface area contributed by atoms with Crippen LogP contribution < -0.4 is 5.32 Å². The minimum absolute atomic E-state index is 0.187. The standard InChI is InChI=1S/C17H34N4O/c1-2-18-17(21-14-9-16(22)15-21)19-10-5-3-6-11-20-12-7-4-8-13-20/h16,22H,2-15H2,1H3,(H,18,19)/t16-/m1/s1. The number of nitrogens with zero attached hydrogens (tertiary/aromatic N) is 3. The SMILES string of the molecule is CCNC(=NCCCCCN1CCCCC1)N1CC[C@@H](O)C1. The van der Waals surface area contributed by atoms with Crippen molar-refractivity contribution in [3.63, 3.8) is 0 Å². The highest BCUT2D eigenvalue weighted by atomic mass is 16.3. The molecule has 1 atom stereocenters. The second-order valence-corrected chi connectivity index (χ2v) is 6.59. The van der Waals surface area contributed by atoms with E-state index in [1.807, 2.05) is 0 Å². The van der Waals surface area contributed by atoms with Gasteiger partial charge in [0.05, 0.1) is 6.10 Å². The number of hydrogen-bond donors (Lipinski definition) is 2. The van der Waals surface area contributed by atoms with Crippen LogP contribution in [0.4, 0.5) is 0 Å². The monoisotopic (exact) mass is 310 g/mol. The van der Waals surface area contributed by atoms with Gasteiger partial charge in [0, 0.05) is 26.2 Å². The Hall–Kier alpha value is -0.810. The number of unbranched alkanes of at least 4 members (excludes halogenated alkanes) is 2. The summed E-state index contributed by atoms with van der Waals surface area (Å²) in [6, 6.07) is 0. The lowest BCUT2D eigenvalue weighted by molar-refractivity contribution is 0.188. The van der Waals surface area contributed by atoms with Crippen LogP contribution in [-0.2, 0) is 0 Å². The molecule has 0 saturated carbocycles. The van der Waals surface area contributed by atoms with E-state index in [-0.39, 0.29) is 6.10 Å². The first kappa shape index (κ1) is 17.5.